The van der Waals surface area contributed by atoms with Gasteiger partial charge in [0.15, 0.2) is 0 Å². The molecule has 1 aliphatic carbocycles. The van der Waals surface area contributed by atoms with Crippen molar-refractivity contribution in [3.8, 4) is 0 Å². The number of carbonyl (C=O) groups excluding carboxylic acids is 1. The molecule has 132 valence electrons. The fraction of sp³-hybridized carbons (Fsp3) is 0.611. The van der Waals surface area contributed by atoms with Crippen molar-refractivity contribution >= 4 is 15.9 Å². The van der Waals surface area contributed by atoms with E-state index < -0.39 is 10.0 Å². The zero-order valence-corrected chi connectivity index (χ0v) is 14.8. The van der Waals surface area contributed by atoms with E-state index in [9.17, 15) is 13.2 Å². The molecule has 5 nitrogen and oxygen atoms in total. The second kappa shape index (κ2) is 7.66. The van der Waals surface area contributed by atoms with Crippen LogP contribution in [0.2, 0.25) is 0 Å². The maximum absolute atomic E-state index is 12.4. The smallest absolute Gasteiger partial charge is 0.224 e. The minimum Gasteiger partial charge on any atom is -0.338 e. The van der Waals surface area contributed by atoms with Gasteiger partial charge in [0.2, 0.25) is 15.9 Å². The molecule has 1 atom stereocenters. The Balaban J connectivity index is 1.59. The quantitative estimate of drug-likeness (QED) is 0.830. The van der Waals surface area contributed by atoms with E-state index in [4.69, 9.17) is 0 Å². The van der Waals surface area contributed by atoms with E-state index >= 15 is 0 Å². The van der Waals surface area contributed by atoms with E-state index in [0.717, 1.165) is 18.4 Å². The normalized spacial score (nSPS) is 23.4. The van der Waals surface area contributed by atoms with Crippen LogP contribution >= 0.6 is 0 Å². The van der Waals surface area contributed by atoms with Gasteiger partial charge in [0.1, 0.15) is 0 Å². The Labute approximate surface area is 144 Å². The van der Waals surface area contributed by atoms with Crippen LogP contribution < -0.4 is 4.72 Å². The zero-order valence-electron chi connectivity index (χ0n) is 14.0. The number of hydrogen-bond acceptors (Lipinski definition) is 3. The summed E-state index contributed by atoms with van der Waals surface area (Å²) in [5.74, 6) is 0.0522. The molecule has 1 heterocycles. The van der Waals surface area contributed by atoms with Crippen molar-refractivity contribution in [1.82, 2.24) is 9.62 Å². The van der Waals surface area contributed by atoms with Gasteiger partial charge in [-0.2, -0.15) is 0 Å². The molecule has 1 N–H and O–H groups in total. The van der Waals surface area contributed by atoms with Crippen molar-refractivity contribution in [3.05, 3.63) is 35.9 Å². The lowest BCUT2D eigenvalue weighted by Gasteiger charge is -2.27. The first-order valence-electron chi connectivity index (χ1n) is 8.87. The van der Waals surface area contributed by atoms with Gasteiger partial charge in [-0.3, -0.25) is 4.79 Å². The van der Waals surface area contributed by atoms with Gasteiger partial charge >= 0.3 is 0 Å². The third kappa shape index (κ3) is 4.57. The summed E-state index contributed by atoms with van der Waals surface area (Å²) in [6.45, 7) is 0.511. The highest BCUT2D eigenvalue weighted by Gasteiger charge is 2.36. The lowest BCUT2D eigenvalue weighted by Crippen LogP contribution is -2.40. The molecule has 0 aromatic heterocycles. The van der Waals surface area contributed by atoms with Gasteiger partial charge in [-0.05, 0) is 18.4 Å². The lowest BCUT2D eigenvalue weighted by atomic mass is 10.1. The van der Waals surface area contributed by atoms with Crippen LogP contribution in [-0.4, -0.2) is 37.9 Å². The molecule has 6 heteroatoms. The Morgan fingerprint density at radius 2 is 1.71 bits per heavy atom. The molecule has 2 fully saturated rings. The van der Waals surface area contributed by atoms with Crippen LogP contribution in [0.25, 0.3) is 0 Å². The molecular weight excluding hydrogens is 324 g/mol. The van der Waals surface area contributed by atoms with Gasteiger partial charge < -0.3 is 4.90 Å². The number of nitrogens with one attached hydrogen (secondary N) is 1. The highest BCUT2D eigenvalue weighted by atomic mass is 32.2. The average molecular weight is 350 g/mol. The van der Waals surface area contributed by atoms with Crippen LogP contribution in [0.5, 0.6) is 0 Å². The summed E-state index contributed by atoms with van der Waals surface area (Å²) >= 11 is 0. The van der Waals surface area contributed by atoms with Crippen LogP contribution in [-0.2, 0) is 20.6 Å². The van der Waals surface area contributed by atoms with Gasteiger partial charge in [0, 0.05) is 25.0 Å². The van der Waals surface area contributed by atoms with E-state index in [1.165, 1.54) is 25.7 Å². The maximum atomic E-state index is 12.4. The van der Waals surface area contributed by atoms with Crippen LogP contribution in [0.15, 0.2) is 30.3 Å². The monoisotopic (exact) mass is 350 g/mol. The van der Waals surface area contributed by atoms with Crippen molar-refractivity contribution in [3.63, 3.8) is 0 Å². The van der Waals surface area contributed by atoms with Crippen molar-refractivity contribution in [2.45, 2.75) is 62.8 Å². The number of sulfonamides is 1. The Kier molecular flexibility index (Phi) is 5.56. The fourth-order valence-electron chi connectivity index (χ4n) is 3.82. The van der Waals surface area contributed by atoms with Gasteiger partial charge in [0.05, 0.1) is 5.75 Å². The molecule has 0 bridgehead atoms. The molecule has 3 rings (SSSR count). The molecule has 1 aliphatic heterocycles. The van der Waals surface area contributed by atoms with E-state index in [0.29, 0.717) is 12.6 Å². The fourth-order valence-corrected chi connectivity index (χ4v) is 5.20. The van der Waals surface area contributed by atoms with Crippen LogP contribution in [0.4, 0.5) is 0 Å². The lowest BCUT2D eigenvalue weighted by molar-refractivity contribution is -0.129. The Morgan fingerprint density at radius 3 is 2.38 bits per heavy atom. The zero-order chi connectivity index (χ0) is 17.0. The van der Waals surface area contributed by atoms with Crippen LogP contribution in [0, 0.1) is 0 Å². The average Bonchev–Trinajstić information content (AvgIpc) is 2.75. The molecule has 0 unspecified atom stereocenters. The summed E-state index contributed by atoms with van der Waals surface area (Å²) in [5, 5.41) is 0. The summed E-state index contributed by atoms with van der Waals surface area (Å²) in [7, 11) is -3.43. The minimum absolute atomic E-state index is 0.0397. The second-order valence-electron chi connectivity index (χ2n) is 6.96. The Hall–Kier alpha value is -1.40. The molecule has 1 aromatic rings. The van der Waals surface area contributed by atoms with E-state index in [1.807, 2.05) is 23.1 Å². The first kappa shape index (κ1) is 17.4. The minimum atomic E-state index is -3.43. The van der Waals surface area contributed by atoms with Crippen molar-refractivity contribution in [2.24, 2.45) is 0 Å². The Bertz CT molecular complexity index is 652. The molecule has 1 saturated heterocycles. The largest absolute Gasteiger partial charge is 0.338 e. The topological polar surface area (TPSA) is 66.5 Å². The number of rotatable bonds is 5. The predicted octanol–water partition coefficient (Wildman–Crippen LogP) is 2.43. The standard InChI is InChI=1S/C18H26N2O3S/c21-18-12-16(13-20(18)17-10-6-1-2-7-11-17)19-24(22,23)14-15-8-4-3-5-9-15/h3-5,8-9,16-17,19H,1-2,6-7,10-14H2/t16-/m0/s1. The molecular formula is C18H26N2O3S. The number of amides is 1. The van der Waals surface area contributed by atoms with E-state index in [1.54, 1.807) is 12.1 Å². The SMILES string of the molecule is O=C1C[C@H](NS(=O)(=O)Cc2ccccc2)CN1C1CCCCCC1. The number of carbonyl (C=O) groups is 1. The third-order valence-corrected chi connectivity index (χ3v) is 6.38. The summed E-state index contributed by atoms with van der Waals surface area (Å²) in [6, 6.07) is 9.13. The first-order valence-corrected chi connectivity index (χ1v) is 10.5. The number of likely N-dealkylation sites (tertiary alicyclic amines) is 1. The van der Waals surface area contributed by atoms with Crippen LogP contribution in [0.3, 0.4) is 0 Å². The summed E-state index contributed by atoms with van der Waals surface area (Å²) in [6.07, 6.45) is 7.20. The summed E-state index contributed by atoms with van der Waals surface area (Å²) < 4.78 is 27.4. The highest BCUT2D eigenvalue weighted by Crippen LogP contribution is 2.26. The number of benzene rings is 1. The summed E-state index contributed by atoms with van der Waals surface area (Å²) in [5.41, 5.74) is 0.759. The maximum Gasteiger partial charge on any atom is 0.224 e. The van der Waals surface area contributed by atoms with E-state index in [-0.39, 0.29) is 24.1 Å². The van der Waals surface area contributed by atoms with Gasteiger partial charge in [0.25, 0.3) is 0 Å². The highest BCUT2D eigenvalue weighted by molar-refractivity contribution is 7.88. The van der Waals surface area contributed by atoms with Crippen molar-refractivity contribution in [1.29, 1.82) is 0 Å². The molecule has 24 heavy (non-hydrogen) atoms. The Morgan fingerprint density at radius 1 is 1.04 bits per heavy atom. The second-order valence-corrected chi connectivity index (χ2v) is 8.71. The third-order valence-electron chi connectivity index (χ3n) is 4.97. The number of hydrogen-bond donors (Lipinski definition) is 1. The molecule has 0 spiro atoms. The molecule has 1 aromatic carbocycles. The van der Waals surface area contributed by atoms with Gasteiger partial charge in [-0.1, -0.05) is 56.0 Å². The molecule has 0 radical (unpaired) electrons. The van der Waals surface area contributed by atoms with Crippen molar-refractivity contribution in [2.75, 3.05) is 6.54 Å². The predicted molar refractivity (Wildman–Crippen MR) is 93.8 cm³/mol. The van der Waals surface area contributed by atoms with E-state index in [2.05, 4.69) is 4.72 Å². The van der Waals surface area contributed by atoms with Gasteiger partial charge in [-0.25, -0.2) is 13.1 Å². The molecule has 1 amide bonds. The van der Waals surface area contributed by atoms with Crippen molar-refractivity contribution < 1.29 is 13.2 Å². The van der Waals surface area contributed by atoms with Crippen LogP contribution in [0.1, 0.15) is 50.5 Å². The first-order chi connectivity index (χ1) is 11.5. The molecule has 2 aliphatic rings. The van der Waals surface area contributed by atoms with Gasteiger partial charge in [-0.15, -0.1) is 0 Å². The number of nitrogens with zero attached hydrogens (tertiary/aromatic N) is 1. The summed E-state index contributed by atoms with van der Waals surface area (Å²) in [4.78, 5) is 14.2. The molecule has 1 saturated carbocycles.